The predicted molar refractivity (Wildman–Crippen MR) is 67.7 cm³/mol. The molecule has 0 aliphatic carbocycles. The average Bonchev–Trinajstić information content (AvgIpc) is 2.33. The number of benzene rings is 1. The van der Waals surface area contributed by atoms with Crippen molar-refractivity contribution in [2.24, 2.45) is 11.7 Å². The first-order valence-corrected chi connectivity index (χ1v) is 5.92. The summed E-state index contributed by atoms with van der Waals surface area (Å²) >= 11 is 0. The van der Waals surface area contributed by atoms with E-state index in [9.17, 15) is 9.18 Å². The molecular weight excluding hydrogens is 235 g/mol. The standard InChI is InChI=1S/C13H19FN2O2/c1-9(2)12(15)13(17)16-6-7-18-11-5-3-4-10(14)8-11/h3-5,8-9,12H,6-7,15H2,1-2H3,(H,16,17)/t12-/m0/s1. The maximum absolute atomic E-state index is 12.8. The number of amides is 1. The summed E-state index contributed by atoms with van der Waals surface area (Å²) in [6.07, 6.45) is 0. The number of hydrogen-bond donors (Lipinski definition) is 2. The number of nitrogens with one attached hydrogen (secondary N) is 1. The van der Waals surface area contributed by atoms with E-state index in [1.165, 1.54) is 12.1 Å². The lowest BCUT2D eigenvalue weighted by atomic mass is 10.1. The van der Waals surface area contributed by atoms with Crippen molar-refractivity contribution in [3.63, 3.8) is 0 Å². The van der Waals surface area contributed by atoms with Gasteiger partial charge in [0.25, 0.3) is 0 Å². The van der Waals surface area contributed by atoms with Crippen LogP contribution < -0.4 is 15.8 Å². The summed E-state index contributed by atoms with van der Waals surface area (Å²) in [5.74, 6) is -0.0160. The van der Waals surface area contributed by atoms with Crippen LogP contribution in [0.5, 0.6) is 5.75 Å². The number of nitrogens with two attached hydrogens (primary N) is 1. The highest BCUT2D eigenvalue weighted by Crippen LogP contribution is 2.11. The van der Waals surface area contributed by atoms with Crippen LogP contribution in [0.15, 0.2) is 24.3 Å². The third-order valence-electron chi connectivity index (χ3n) is 2.49. The fourth-order valence-corrected chi connectivity index (χ4v) is 1.32. The number of carbonyl (C=O) groups excluding carboxylic acids is 1. The van der Waals surface area contributed by atoms with E-state index in [0.29, 0.717) is 12.3 Å². The first-order chi connectivity index (χ1) is 8.50. The summed E-state index contributed by atoms with van der Waals surface area (Å²) in [6, 6.07) is 5.35. The number of rotatable bonds is 6. The quantitative estimate of drug-likeness (QED) is 0.752. The summed E-state index contributed by atoms with van der Waals surface area (Å²) in [5.41, 5.74) is 5.67. The molecule has 18 heavy (non-hydrogen) atoms. The van der Waals surface area contributed by atoms with E-state index in [1.807, 2.05) is 13.8 Å². The Morgan fingerprint density at radius 2 is 2.22 bits per heavy atom. The van der Waals surface area contributed by atoms with Gasteiger partial charge in [0, 0.05) is 6.07 Å². The van der Waals surface area contributed by atoms with Gasteiger partial charge in [-0.2, -0.15) is 0 Å². The topological polar surface area (TPSA) is 64.4 Å². The lowest BCUT2D eigenvalue weighted by molar-refractivity contribution is -0.123. The molecule has 1 atom stereocenters. The molecule has 5 heteroatoms. The summed E-state index contributed by atoms with van der Waals surface area (Å²) in [6.45, 7) is 4.39. The van der Waals surface area contributed by atoms with Gasteiger partial charge < -0.3 is 15.8 Å². The Bertz CT molecular complexity index is 396. The molecule has 0 saturated carbocycles. The number of ether oxygens (including phenoxy) is 1. The molecule has 4 nitrogen and oxygen atoms in total. The monoisotopic (exact) mass is 254 g/mol. The van der Waals surface area contributed by atoms with Crippen LogP contribution in [-0.4, -0.2) is 25.1 Å². The second-order valence-corrected chi connectivity index (χ2v) is 4.37. The van der Waals surface area contributed by atoms with Crippen LogP contribution in [-0.2, 0) is 4.79 Å². The van der Waals surface area contributed by atoms with Crippen LogP contribution >= 0.6 is 0 Å². The average molecular weight is 254 g/mol. The Morgan fingerprint density at radius 3 is 2.83 bits per heavy atom. The second-order valence-electron chi connectivity index (χ2n) is 4.37. The van der Waals surface area contributed by atoms with E-state index in [1.54, 1.807) is 12.1 Å². The minimum Gasteiger partial charge on any atom is -0.492 e. The molecule has 0 spiro atoms. The molecule has 0 aliphatic rings. The SMILES string of the molecule is CC(C)[C@H](N)C(=O)NCCOc1cccc(F)c1. The minimum absolute atomic E-state index is 0.0918. The van der Waals surface area contributed by atoms with E-state index in [4.69, 9.17) is 10.5 Å². The van der Waals surface area contributed by atoms with Crippen LogP contribution in [0.2, 0.25) is 0 Å². The molecule has 100 valence electrons. The molecule has 0 radical (unpaired) electrons. The van der Waals surface area contributed by atoms with Crippen molar-refractivity contribution < 1.29 is 13.9 Å². The predicted octanol–water partition coefficient (Wildman–Crippen LogP) is 1.30. The van der Waals surface area contributed by atoms with Gasteiger partial charge in [-0.15, -0.1) is 0 Å². The Labute approximate surface area is 106 Å². The molecule has 0 heterocycles. The molecule has 0 bridgehead atoms. The molecule has 0 fully saturated rings. The summed E-state index contributed by atoms with van der Waals surface area (Å²) < 4.78 is 18.1. The number of carbonyl (C=O) groups is 1. The molecule has 1 amide bonds. The van der Waals surface area contributed by atoms with E-state index in [2.05, 4.69) is 5.32 Å². The fraction of sp³-hybridized carbons (Fsp3) is 0.462. The van der Waals surface area contributed by atoms with Crippen LogP contribution in [0.4, 0.5) is 4.39 Å². The van der Waals surface area contributed by atoms with Gasteiger partial charge in [0.05, 0.1) is 12.6 Å². The van der Waals surface area contributed by atoms with Gasteiger partial charge in [0.15, 0.2) is 0 Å². The van der Waals surface area contributed by atoms with Crippen molar-refractivity contribution in [1.82, 2.24) is 5.32 Å². The zero-order valence-corrected chi connectivity index (χ0v) is 10.7. The molecule has 1 aromatic rings. The smallest absolute Gasteiger partial charge is 0.237 e. The Morgan fingerprint density at radius 1 is 1.50 bits per heavy atom. The molecule has 1 rings (SSSR count). The molecule has 0 unspecified atom stereocenters. The Hall–Kier alpha value is -1.62. The molecule has 3 N–H and O–H groups in total. The van der Waals surface area contributed by atoms with Crippen LogP contribution in [0.25, 0.3) is 0 Å². The van der Waals surface area contributed by atoms with Gasteiger partial charge >= 0.3 is 0 Å². The maximum Gasteiger partial charge on any atom is 0.237 e. The van der Waals surface area contributed by atoms with Crippen molar-refractivity contribution >= 4 is 5.91 Å². The van der Waals surface area contributed by atoms with Gasteiger partial charge in [-0.3, -0.25) is 4.79 Å². The molecule has 0 aromatic heterocycles. The molecule has 1 aromatic carbocycles. The van der Waals surface area contributed by atoms with Crippen LogP contribution in [0, 0.1) is 11.7 Å². The van der Waals surface area contributed by atoms with E-state index < -0.39 is 6.04 Å². The van der Waals surface area contributed by atoms with Crippen molar-refractivity contribution in [1.29, 1.82) is 0 Å². The fourth-order valence-electron chi connectivity index (χ4n) is 1.32. The van der Waals surface area contributed by atoms with Crippen molar-refractivity contribution in [3.05, 3.63) is 30.1 Å². The van der Waals surface area contributed by atoms with E-state index >= 15 is 0 Å². The maximum atomic E-state index is 12.8. The zero-order chi connectivity index (χ0) is 13.5. The normalized spacial score (nSPS) is 12.3. The summed E-state index contributed by atoms with van der Waals surface area (Å²) in [5, 5.41) is 2.67. The third-order valence-corrected chi connectivity index (χ3v) is 2.49. The van der Waals surface area contributed by atoms with Gasteiger partial charge in [0.2, 0.25) is 5.91 Å². The van der Waals surface area contributed by atoms with Crippen molar-refractivity contribution in [2.45, 2.75) is 19.9 Å². The number of hydrogen-bond acceptors (Lipinski definition) is 3. The highest BCUT2D eigenvalue weighted by atomic mass is 19.1. The molecule has 0 saturated heterocycles. The minimum atomic E-state index is -0.515. The van der Waals surface area contributed by atoms with Gasteiger partial charge in [-0.25, -0.2) is 4.39 Å². The van der Waals surface area contributed by atoms with Gasteiger partial charge in [0.1, 0.15) is 18.2 Å². The first-order valence-electron chi connectivity index (χ1n) is 5.92. The second kappa shape index (κ2) is 6.96. The first kappa shape index (κ1) is 14.4. The van der Waals surface area contributed by atoms with Gasteiger partial charge in [-0.05, 0) is 18.1 Å². The largest absolute Gasteiger partial charge is 0.492 e. The Balaban J connectivity index is 2.25. The summed E-state index contributed by atoms with van der Waals surface area (Å²) in [7, 11) is 0. The lowest BCUT2D eigenvalue weighted by Gasteiger charge is -2.15. The lowest BCUT2D eigenvalue weighted by Crippen LogP contribution is -2.45. The van der Waals surface area contributed by atoms with Gasteiger partial charge in [-0.1, -0.05) is 19.9 Å². The summed E-state index contributed by atoms with van der Waals surface area (Å²) in [4.78, 5) is 11.5. The number of halogens is 1. The van der Waals surface area contributed by atoms with Crippen molar-refractivity contribution in [3.8, 4) is 5.75 Å². The highest BCUT2D eigenvalue weighted by molar-refractivity contribution is 5.81. The highest BCUT2D eigenvalue weighted by Gasteiger charge is 2.16. The Kier molecular flexibility index (Phi) is 5.58. The van der Waals surface area contributed by atoms with Crippen LogP contribution in [0.3, 0.4) is 0 Å². The van der Waals surface area contributed by atoms with Crippen LogP contribution in [0.1, 0.15) is 13.8 Å². The van der Waals surface area contributed by atoms with E-state index in [-0.39, 0.29) is 24.2 Å². The molecular formula is C13H19FN2O2. The molecule has 0 aliphatic heterocycles. The van der Waals surface area contributed by atoms with Crippen molar-refractivity contribution in [2.75, 3.05) is 13.2 Å². The van der Waals surface area contributed by atoms with E-state index in [0.717, 1.165) is 0 Å². The zero-order valence-electron chi connectivity index (χ0n) is 10.7. The third kappa shape index (κ3) is 4.71.